The highest BCUT2D eigenvalue weighted by Crippen LogP contribution is 2.33. The van der Waals surface area contributed by atoms with Crippen molar-refractivity contribution in [2.24, 2.45) is 5.92 Å². The van der Waals surface area contributed by atoms with E-state index in [-0.39, 0.29) is 17.6 Å². The molecule has 98 valence electrons. The van der Waals surface area contributed by atoms with Crippen molar-refractivity contribution in [3.63, 3.8) is 0 Å². The first kappa shape index (κ1) is 13.1. The number of alkyl halides is 2. The van der Waals surface area contributed by atoms with Gasteiger partial charge in [0.05, 0.1) is 5.69 Å². The van der Waals surface area contributed by atoms with Gasteiger partial charge in [-0.2, -0.15) is 21.4 Å². The van der Waals surface area contributed by atoms with Crippen molar-refractivity contribution in [3.05, 3.63) is 24.3 Å². The quantitative estimate of drug-likeness (QED) is 0.854. The lowest BCUT2D eigenvalue weighted by molar-refractivity contribution is -0.117. The minimum absolute atomic E-state index is 0.0284. The summed E-state index contributed by atoms with van der Waals surface area (Å²) in [4.78, 5) is 13.3. The van der Waals surface area contributed by atoms with Gasteiger partial charge in [0, 0.05) is 13.0 Å². The van der Waals surface area contributed by atoms with Gasteiger partial charge in [0.15, 0.2) is 0 Å². The molecule has 0 spiro atoms. The predicted molar refractivity (Wildman–Crippen MR) is 67.4 cm³/mol. The molecule has 1 saturated heterocycles. The van der Waals surface area contributed by atoms with Gasteiger partial charge in [0.25, 0.3) is 0 Å². The third kappa shape index (κ3) is 2.75. The Morgan fingerprint density at radius 3 is 2.78 bits per heavy atom. The molecular weight excluding hydrogens is 260 g/mol. The van der Waals surface area contributed by atoms with E-state index in [2.05, 4.69) is 17.4 Å². The summed E-state index contributed by atoms with van der Waals surface area (Å²) in [7, 11) is 0. The molecule has 0 saturated carbocycles. The normalized spacial score (nSPS) is 19.7. The van der Waals surface area contributed by atoms with Crippen molar-refractivity contribution in [3.8, 4) is 5.75 Å². The van der Waals surface area contributed by atoms with Gasteiger partial charge < -0.3 is 9.64 Å². The zero-order valence-corrected chi connectivity index (χ0v) is 10.4. The van der Waals surface area contributed by atoms with Crippen LogP contribution in [0.2, 0.25) is 0 Å². The Morgan fingerprint density at radius 1 is 1.44 bits per heavy atom. The lowest BCUT2D eigenvalue weighted by atomic mass is 10.1. The van der Waals surface area contributed by atoms with E-state index in [9.17, 15) is 13.6 Å². The summed E-state index contributed by atoms with van der Waals surface area (Å²) in [6.07, 6.45) is 0.395. The van der Waals surface area contributed by atoms with Crippen LogP contribution in [0.1, 0.15) is 6.42 Å². The number of halogens is 2. The maximum Gasteiger partial charge on any atom is 0.387 e. The Bertz CT molecular complexity index is 442. The Morgan fingerprint density at radius 2 is 2.17 bits per heavy atom. The van der Waals surface area contributed by atoms with Crippen molar-refractivity contribution in [2.45, 2.75) is 13.0 Å². The second-order valence-electron chi connectivity index (χ2n) is 4.10. The number of thiol groups is 1. The fraction of sp³-hybridized carbons (Fsp3) is 0.417. The Labute approximate surface area is 109 Å². The topological polar surface area (TPSA) is 29.5 Å². The summed E-state index contributed by atoms with van der Waals surface area (Å²) >= 11 is 4.16. The van der Waals surface area contributed by atoms with Crippen LogP contribution in [-0.2, 0) is 4.79 Å². The number of hydrogen-bond acceptors (Lipinski definition) is 3. The van der Waals surface area contributed by atoms with Crippen LogP contribution in [-0.4, -0.2) is 24.8 Å². The van der Waals surface area contributed by atoms with Crippen LogP contribution in [0, 0.1) is 5.92 Å². The van der Waals surface area contributed by atoms with Crippen molar-refractivity contribution >= 4 is 24.2 Å². The molecule has 0 aliphatic carbocycles. The minimum atomic E-state index is -2.90. The van der Waals surface area contributed by atoms with Gasteiger partial charge >= 0.3 is 6.61 Å². The molecule has 1 unspecified atom stereocenters. The molecule has 1 fully saturated rings. The number of carbonyl (C=O) groups excluding carboxylic acids is 1. The first-order valence-electron chi connectivity index (χ1n) is 5.57. The summed E-state index contributed by atoms with van der Waals surface area (Å²) in [5, 5.41) is 0. The molecule has 3 nitrogen and oxygen atoms in total. The van der Waals surface area contributed by atoms with Gasteiger partial charge in [0.1, 0.15) is 5.75 Å². The highest BCUT2D eigenvalue weighted by atomic mass is 32.1. The van der Waals surface area contributed by atoms with Crippen molar-refractivity contribution < 1.29 is 18.3 Å². The van der Waals surface area contributed by atoms with E-state index in [0.717, 1.165) is 0 Å². The first-order valence-corrected chi connectivity index (χ1v) is 6.20. The van der Waals surface area contributed by atoms with Crippen LogP contribution < -0.4 is 9.64 Å². The maximum absolute atomic E-state index is 12.3. The summed E-state index contributed by atoms with van der Waals surface area (Å²) in [6.45, 7) is -2.41. The van der Waals surface area contributed by atoms with Crippen molar-refractivity contribution in [1.82, 2.24) is 0 Å². The molecule has 1 aromatic carbocycles. The fourth-order valence-electron chi connectivity index (χ4n) is 2.01. The van der Waals surface area contributed by atoms with Crippen LogP contribution in [0.3, 0.4) is 0 Å². The Hall–Kier alpha value is -1.30. The van der Waals surface area contributed by atoms with Crippen LogP contribution in [0.5, 0.6) is 5.75 Å². The maximum atomic E-state index is 12.3. The number of benzene rings is 1. The molecule has 6 heteroatoms. The number of carbonyl (C=O) groups is 1. The van der Waals surface area contributed by atoms with Crippen molar-refractivity contribution in [2.75, 3.05) is 17.2 Å². The Kier molecular flexibility index (Phi) is 4.06. The van der Waals surface area contributed by atoms with Gasteiger partial charge in [-0.1, -0.05) is 12.1 Å². The third-order valence-electron chi connectivity index (χ3n) is 2.84. The lowest BCUT2D eigenvalue weighted by Crippen LogP contribution is -2.25. The average molecular weight is 273 g/mol. The van der Waals surface area contributed by atoms with Crippen LogP contribution in [0.25, 0.3) is 0 Å². The number of nitrogens with zero attached hydrogens (tertiary/aromatic N) is 1. The summed E-state index contributed by atoms with van der Waals surface area (Å²) < 4.78 is 29.0. The molecule has 1 heterocycles. The fourth-order valence-corrected chi connectivity index (χ4v) is 2.26. The standard InChI is InChI=1S/C12H13F2NO2S/c13-12(14)17-10-4-2-1-3-9(10)15-6-8(7-18)5-11(15)16/h1-4,8,12,18H,5-7H2. The van der Waals surface area contributed by atoms with E-state index < -0.39 is 6.61 Å². The van der Waals surface area contributed by atoms with E-state index in [1.807, 2.05) is 0 Å². The van der Waals surface area contributed by atoms with Crippen molar-refractivity contribution in [1.29, 1.82) is 0 Å². The van der Waals surface area contributed by atoms with Gasteiger partial charge in [-0.15, -0.1) is 0 Å². The molecule has 0 N–H and O–H groups in total. The third-order valence-corrected chi connectivity index (χ3v) is 3.35. The molecule has 0 radical (unpaired) electrons. The van der Waals surface area contributed by atoms with E-state index in [1.165, 1.54) is 11.0 Å². The largest absolute Gasteiger partial charge is 0.433 e. The zero-order valence-electron chi connectivity index (χ0n) is 9.55. The van der Waals surface area contributed by atoms with Crippen LogP contribution >= 0.6 is 12.6 Å². The molecular formula is C12H13F2NO2S. The average Bonchev–Trinajstić information content (AvgIpc) is 2.70. The van der Waals surface area contributed by atoms with E-state index in [4.69, 9.17) is 0 Å². The van der Waals surface area contributed by atoms with Crippen LogP contribution in [0.15, 0.2) is 24.3 Å². The van der Waals surface area contributed by atoms with Gasteiger partial charge in [-0.05, 0) is 23.8 Å². The van der Waals surface area contributed by atoms with Gasteiger partial charge in [-0.25, -0.2) is 0 Å². The Balaban J connectivity index is 2.25. The highest BCUT2D eigenvalue weighted by Gasteiger charge is 2.31. The molecule has 1 aromatic rings. The lowest BCUT2D eigenvalue weighted by Gasteiger charge is -2.19. The van der Waals surface area contributed by atoms with Crippen LogP contribution in [0.4, 0.5) is 14.5 Å². The molecule has 1 atom stereocenters. The summed E-state index contributed by atoms with van der Waals surface area (Å²) in [5.74, 6) is 0.695. The van der Waals surface area contributed by atoms with Gasteiger partial charge in [0.2, 0.25) is 5.91 Å². The number of anilines is 1. The first-order chi connectivity index (χ1) is 8.61. The van der Waals surface area contributed by atoms with E-state index in [1.54, 1.807) is 18.2 Å². The summed E-state index contributed by atoms with van der Waals surface area (Å²) in [6, 6.07) is 6.33. The molecule has 2 rings (SSSR count). The number of rotatable bonds is 4. The highest BCUT2D eigenvalue weighted by molar-refractivity contribution is 7.80. The minimum Gasteiger partial charge on any atom is -0.433 e. The second kappa shape index (κ2) is 5.56. The molecule has 0 aromatic heterocycles. The number of para-hydroxylation sites is 2. The summed E-state index contributed by atoms with van der Waals surface area (Å²) in [5.41, 5.74) is 0.395. The zero-order chi connectivity index (χ0) is 13.1. The number of hydrogen-bond donors (Lipinski definition) is 1. The molecule has 1 amide bonds. The van der Waals surface area contributed by atoms with E-state index in [0.29, 0.717) is 24.4 Å². The van der Waals surface area contributed by atoms with E-state index >= 15 is 0 Å². The predicted octanol–water partition coefficient (Wildman–Crippen LogP) is 2.57. The molecule has 1 aliphatic heterocycles. The molecule has 1 aliphatic rings. The monoisotopic (exact) mass is 273 g/mol. The molecule has 18 heavy (non-hydrogen) atoms. The second-order valence-corrected chi connectivity index (χ2v) is 4.47. The smallest absolute Gasteiger partial charge is 0.387 e. The molecule has 0 bridgehead atoms. The number of amides is 1. The SMILES string of the molecule is O=C1CC(CS)CN1c1ccccc1OC(F)F. The number of ether oxygens (including phenoxy) is 1. The van der Waals surface area contributed by atoms with Gasteiger partial charge in [-0.3, -0.25) is 4.79 Å².